The van der Waals surface area contributed by atoms with E-state index in [9.17, 15) is 0 Å². The molecule has 0 saturated heterocycles. The molecule has 0 bridgehead atoms. The summed E-state index contributed by atoms with van der Waals surface area (Å²) >= 11 is 0. The smallest absolute Gasteiger partial charge is 0.0243 e. The van der Waals surface area contributed by atoms with Crippen LogP contribution in [0.15, 0.2) is 29.5 Å². The summed E-state index contributed by atoms with van der Waals surface area (Å²) in [5, 5.41) is 0. The molecular formula is C14H24. The summed E-state index contributed by atoms with van der Waals surface area (Å²) < 4.78 is 0. The molecule has 0 heteroatoms. The Labute approximate surface area is 89.4 Å². The maximum atomic E-state index is 3.14. The van der Waals surface area contributed by atoms with Crippen molar-refractivity contribution in [1.29, 1.82) is 0 Å². The number of rotatable bonds is 6. The van der Waals surface area contributed by atoms with Gasteiger partial charge in [-0.05, 0) is 51.2 Å². The van der Waals surface area contributed by atoms with Crippen LogP contribution >= 0.6 is 0 Å². The van der Waals surface area contributed by atoms with Crippen molar-refractivity contribution in [3.8, 4) is 0 Å². The minimum atomic E-state index is 0.795. The van der Waals surface area contributed by atoms with Crippen molar-refractivity contribution in [2.24, 2.45) is 5.92 Å². The predicted molar refractivity (Wildman–Crippen MR) is 65.4 cm³/mol. The molecule has 0 heterocycles. The van der Waals surface area contributed by atoms with E-state index in [2.05, 4.69) is 38.7 Å². The van der Waals surface area contributed by atoms with Gasteiger partial charge in [-0.2, -0.15) is 0 Å². The normalized spacial score (nSPS) is 13.3. The number of hydrogen-bond donors (Lipinski definition) is 0. The molecule has 0 nitrogen and oxygen atoms in total. The average Bonchev–Trinajstić information content (AvgIpc) is 2.22. The Balaban J connectivity index is 3.97. The Morgan fingerprint density at radius 3 is 2.50 bits per heavy atom. The SMILES string of the molecule is CC=C=CCC(CC)CC=C(C)CC. The summed E-state index contributed by atoms with van der Waals surface area (Å²) in [6.45, 7) is 8.71. The molecule has 0 fully saturated rings. The van der Waals surface area contributed by atoms with Crippen LogP contribution in [0.2, 0.25) is 0 Å². The molecular weight excluding hydrogens is 168 g/mol. The highest BCUT2D eigenvalue weighted by Gasteiger charge is 2.01. The van der Waals surface area contributed by atoms with Crippen molar-refractivity contribution in [3.63, 3.8) is 0 Å². The molecule has 0 aliphatic heterocycles. The Morgan fingerprint density at radius 1 is 1.29 bits per heavy atom. The van der Waals surface area contributed by atoms with Crippen LogP contribution in [-0.2, 0) is 0 Å². The van der Waals surface area contributed by atoms with Crippen LogP contribution in [0.25, 0.3) is 0 Å². The van der Waals surface area contributed by atoms with Crippen LogP contribution in [0.3, 0.4) is 0 Å². The lowest BCUT2D eigenvalue weighted by Gasteiger charge is -2.09. The second-order valence-corrected chi connectivity index (χ2v) is 3.81. The molecule has 1 atom stereocenters. The van der Waals surface area contributed by atoms with Crippen LogP contribution in [0.1, 0.15) is 53.4 Å². The van der Waals surface area contributed by atoms with Gasteiger partial charge in [0.15, 0.2) is 0 Å². The summed E-state index contributed by atoms with van der Waals surface area (Å²) in [6.07, 6.45) is 11.3. The monoisotopic (exact) mass is 192 g/mol. The van der Waals surface area contributed by atoms with E-state index in [1.807, 2.05) is 13.0 Å². The fourth-order valence-corrected chi connectivity index (χ4v) is 1.29. The summed E-state index contributed by atoms with van der Waals surface area (Å²) in [6, 6.07) is 0. The fraction of sp³-hybridized carbons (Fsp3) is 0.643. The molecule has 0 aromatic carbocycles. The minimum absolute atomic E-state index is 0.795. The maximum absolute atomic E-state index is 3.14. The Bertz CT molecular complexity index is 214. The van der Waals surface area contributed by atoms with Gasteiger partial charge in [0, 0.05) is 0 Å². The molecule has 0 spiro atoms. The second-order valence-electron chi connectivity index (χ2n) is 3.81. The molecule has 80 valence electrons. The van der Waals surface area contributed by atoms with Gasteiger partial charge in [0.05, 0.1) is 0 Å². The summed E-state index contributed by atoms with van der Waals surface area (Å²) in [7, 11) is 0. The lowest BCUT2D eigenvalue weighted by atomic mass is 9.97. The van der Waals surface area contributed by atoms with Gasteiger partial charge in [-0.25, -0.2) is 0 Å². The van der Waals surface area contributed by atoms with E-state index in [1.54, 1.807) is 0 Å². The van der Waals surface area contributed by atoms with E-state index in [1.165, 1.54) is 24.8 Å². The van der Waals surface area contributed by atoms with Crippen molar-refractivity contribution < 1.29 is 0 Å². The largest absolute Gasteiger partial charge is 0.130 e. The molecule has 14 heavy (non-hydrogen) atoms. The molecule has 0 N–H and O–H groups in total. The standard InChI is InChI=1S/C14H24/c1-5-8-9-10-14(7-3)12-11-13(4)6-2/h5,9,11,14H,6-7,10,12H2,1-4H3. The first-order valence-electron chi connectivity index (χ1n) is 5.75. The lowest BCUT2D eigenvalue weighted by Crippen LogP contribution is -1.95. The third kappa shape index (κ3) is 6.74. The van der Waals surface area contributed by atoms with Crippen LogP contribution in [0, 0.1) is 5.92 Å². The molecule has 0 amide bonds. The van der Waals surface area contributed by atoms with Crippen molar-refractivity contribution >= 4 is 0 Å². The fourth-order valence-electron chi connectivity index (χ4n) is 1.29. The zero-order chi connectivity index (χ0) is 10.8. The zero-order valence-corrected chi connectivity index (χ0v) is 10.1. The van der Waals surface area contributed by atoms with Crippen LogP contribution in [-0.4, -0.2) is 0 Å². The highest BCUT2D eigenvalue weighted by molar-refractivity contribution is 4.98. The van der Waals surface area contributed by atoms with E-state index in [0.717, 1.165) is 12.3 Å². The summed E-state index contributed by atoms with van der Waals surface area (Å²) in [4.78, 5) is 0. The average molecular weight is 192 g/mol. The van der Waals surface area contributed by atoms with E-state index in [0.29, 0.717) is 0 Å². The van der Waals surface area contributed by atoms with Gasteiger partial charge in [-0.15, -0.1) is 5.73 Å². The van der Waals surface area contributed by atoms with Gasteiger partial charge in [-0.1, -0.05) is 31.9 Å². The molecule has 0 aliphatic rings. The third-order valence-corrected chi connectivity index (χ3v) is 2.67. The summed E-state index contributed by atoms with van der Waals surface area (Å²) in [5.41, 5.74) is 4.66. The lowest BCUT2D eigenvalue weighted by molar-refractivity contribution is 0.522. The number of hydrogen-bond acceptors (Lipinski definition) is 0. The molecule has 0 rings (SSSR count). The van der Waals surface area contributed by atoms with Crippen LogP contribution in [0.5, 0.6) is 0 Å². The zero-order valence-electron chi connectivity index (χ0n) is 10.1. The van der Waals surface area contributed by atoms with Gasteiger partial charge in [0.25, 0.3) is 0 Å². The second kappa shape index (κ2) is 8.84. The van der Waals surface area contributed by atoms with Gasteiger partial charge in [0.1, 0.15) is 0 Å². The van der Waals surface area contributed by atoms with Crippen LogP contribution < -0.4 is 0 Å². The van der Waals surface area contributed by atoms with Gasteiger partial charge < -0.3 is 0 Å². The topological polar surface area (TPSA) is 0 Å². The van der Waals surface area contributed by atoms with Crippen LogP contribution in [0.4, 0.5) is 0 Å². The molecule has 0 aromatic heterocycles. The molecule has 0 radical (unpaired) electrons. The molecule has 1 unspecified atom stereocenters. The van der Waals surface area contributed by atoms with Crippen molar-refractivity contribution in [1.82, 2.24) is 0 Å². The van der Waals surface area contributed by atoms with E-state index < -0.39 is 0 Å². The Morgan fingerprint density at radius 2 is 2.00 bits per heavy atom. The molecule has 0 saturated carbocycles. The van der Waals surface area contributed by atoms with E-state index >= 15 is 0 Å². The molecule has 0 aliphatic carbocycles. The first-order chi connectivity index (χ1) is 6.74. The quantitative estimate of drug-likeness (QED) is 0.415. The first kappa shape index (κ1) is 13.3. The first-order valence-corrected chi connectivity index (χ1v) is 5.75. The van der Waals surface area contributed by atoms with Crippen molar-refractivity contribution in [2.75, 3.05) is 0 Å². The highest BCUT2D eigenvalue weighted by Crippen LogP contribution is 2.16. The third-order valence-electron chi connectivity index (χ3n) is 2.67. The van der Waals surface area contributed by atoms with Gasteiger partial charge >= 0.3 is 0 Å². The number of allylic oxidation sites excluding steroid dienone is 3. The Kier molecular flexibility index (Phi) is 8.37. The summed E-state index contributed by atoms with van der Waals surface area (Å²) in [5.74, 6) is 0.795. The minimum Gasteiger partial charge on any atom is -0.130 e. The Hall–Kier alpha value is -0.740. The van der Waals surface area contributed by atoms with Crippen molar-refractivity contribution in [3.05, 3.63) is 29.5 Å². The van der Waals surface area contributed by atoms with E-state index in [-0.39, 0.29) is 0 Å². The molecule has 0 aromatic rings. The highest BCUT2D eigenvalue weighted by atomic mass is 14.1. The predicted octanol–water partition coefficient (Wildman–Crippen LogP) is 4.88. The van der Waals surface area contributed by atoms with E-state index in [4.69, 9.17) is 0 Å². The van der Waals surface area contributed by atoms with Gasteiger partial charge in [-0.3, -0.25) is 0 Å². The maximum Gasteiger partial charge on any atom is -0.0243 e. The van der Waals surface area contributed by atoms with Gasteiger partial charge in [0.2, 0.25) is 0 Å². The van der Waals surface area contributed by atoms with Crippen molar-refractivity contribution in [2.45, 2.75) is 53.4 Å².